The lowest BCUT2D eigenvalue weighted by Crippen LogP contribution is -2.15. The molecular formula is C20H28O6. The van der Waals surface area contributed by atoms with Gasteiger partial charge in [-0.1, -0.05) is 39.3 Å². The number of esters is 1. The molecule has 0 spiro atoms. The summed E-state index contributed by atoms with van der Waals surface area (Å²) >= 11 is 0. The molecule has 0 aliphatic carbocycles. The molecule has 0 aliphatic heterocycles. The van der Waals surface area contributed by atoms with Gasteiger partial charge in [0.25, 0.3) is 0 Å². The molecule has 0 saturated heterocycles. The highest BCUT2D eigenvalue weighted by Gasteiger charge is 2.10. The van der Waals surface area contributed by atoms with Crippen molar-refractivity contribution in [1.82, 2.24) is 0 Å². The Morgan fingerprint density at radius 1 is 1.04 bits per heavy atom. The van der Waals surface area contributed by atoms with Gasteiger partial charge in [0, 0.05) is 5.57 Å². The van der Waals surface area contributed by atoms with Gasteiger partial charge < -0.3 is 14.9 Å². The number of hydrogen-bond donors (Lipinski definition) is 2. The zero-order valence-electron chi connectivity index (χ0n) is 16.0. The molecule has 0 fully saturated rings. The molecule has 1 aromatic carbocycles. The minimum Gasteiger partial charge on any atom is -0.478 e. The zero-order chi connectivity index (χ0) is 20.3. The van der Waals surface area contributed by atoms with Crippen molar-refractivity contribution in [3.05, 3.63) is 47.0 Å². The van der Waals surface area contributed by atoms with Crippen molar-refractivity contribution in [1.29, 1.82) is 0 Å². The third-order valence-corrected chi connectivity index (χ3v) is 3.74. The van der Waals surface area contributed by atoms with Gasteiger partial charge in [-0.05, 0) is 44.4 Å². The maximum absolute atomic E-state index is 11.5. The minimum atomic E-state index is -1.13. The molecule has 6 nitrogen and oxygen atoms in total. The topological polar surface area (TPSA) is 101 Å². The molecule has 0 saturated carbocycles. The lowest BCUT2D eigenvalue weighted by molar-refractivity contribution is -0.143. The zero-order valence-corrected chi connectivity index (χ0v) is 16.0. The molecule has 1 aromatic rings. The molecule has 1 rings (SSSR count). The summed E-state index contributed by atoms with van der Waals surface area (Å²) < 4.78 is 5.20. The van der Waals surface area contributed by atoms with E-state index in [0.29, 0.717) is 5.92 Å². The average molecular weight is 364 g/mol. The number of carboxylic acids is 2. The van der Waals surface area contributed by atoms with E-state index in [9.17, 15) is 14.4 Å². The molecule has 144 valence electrons. The van der Waals surface area contributed by atoms with Crippen LogP contribution in [0.15, 0.2) is 35.9 Å². The van der Waals surface area contributed by atoms with Crippen LogP contribution < -0.4 is 0 Å². The lowest BCUT2D eigenvalue weighted by atomic mass is 10.1. The third-order valence-electron chi connectivity index (χ3n) is 3.74. The fourth-order valence-electron chi connectivity index (χ4n) is 1.76. The van der Waals surface area contributed by atoms with Gasteiger partial charge in [0.15, 0.2) is 0 Å². The van der Waals surface area contributed by atoms with Gasteiger partial charge in [0.2, 0.25) is 0 Å². The SMILES string of the molecule is CCC(C)C=C(C)C(=O)OC(C)CC.O=C(O)c1cccc(C(=O)O)c1. The Morgan fingerprint density at radius 3 is 1.92 bits per heavy atom. The summed E-state index contributed by atoms with van der Waals surface area (Å²) in [5.41, 5.74) is 0.685. The highest BCUT2D eigenvalue weighted by molar-refractivity contribution is 5.93. The first kappa shape index (κ1) is 23.4. The summed E-state index contributed by atoms with van der Waals surface area (Å²) in [6.07, 6.45) is 3.91. The lowest BCUT2D eigenvalue weighted by Gasteiger charge is -2.11. The number of carbonyl (C=O) groups excluding carboxylic acids is 1. The Labute approximate surface area is 154 Å². The van der Waals surface area contributed by atoms with Gasteiger partial charge in [0.05, 0.1) is 17.2 Å². The Morgan fingerprint density at radius 2 is 1.54 bits per heavy atom. The normalized spacial score (nSPS) is 13.0. The van der Waals surface area contributed by atoms with Crippen LogP contribution >= 0.6 is 0 Å². The van der Waals surface area contributed by atoms with Crippen molar-refractivity contribution in [3.63, 3.8) is 0 Å². The third kappa shape index (κ3) is 9.01. The van der Waals surface area contributed by atoms with Gasteiger partial charge in [0.1, 0.15) is 0 Å². The van der Waals surface area contributed by atoms with Crippen molar-refractivity contribution in [2.75, 3.05) is 0 Å². The van der Waals surface area contributed by atoms with Crippen LogP contribution in [0.2, 0.25) is 0 Å². The smallest absolute Gasteiger partial charge is 0.335 e. The van der Waals surface area contributed by atoms with E-state index in [1.54, 1.807) is 0 Å². The molecule has 2 atom stereocenters. The largest absolute Gasteiger partial charge is 0.478 e. The van der Waals surface area contributed by atoms with Gasteiger partial charge >= 0.3 is 17.9 Å². The van der Waals surface area contributed by atoms with E-state index in [-0.39, 0.29) is 23.2 Å². The van der Waals surface area contributed by atoms with E-state index in [1.165, 1.54) is 18.2 Å². The summed E-state index contributed by atoms with van der Waals surface area (Å²) in [6.45, 7) is 9.94. The summed E-state index contributed by atoms with van der Waals surface area (Å²) in [7, 11) is 0. The van der Waals surface area contributed by atoms with Gasteiger partial charge in [-0.3, -0.25) is 0 Å². The van der Waals surface area contributed by atoms with E-state index in [4.69, 9.17) is 14.9 Å². The van der Waals surface area contributed by atoms with E-state index in [0.717, 1.165) is 24.5 Å². The van der Waals surface area contributed by atoms with Crippen LogP contribution in [0.3, 0.4) is 0 Å². The highest BCUT2D eigenvalue weighted by atomic mass is 16.5. The molecule has 0 amide bonds. The fraction of sp³-hybridized carbons (Fsp3) is 0.450. The number of aromatic carboxylic acids is 2. The number of carboxylic acid groups (broad SMARTS) is 2. The number of allylic oxidation sites excluding steroid dienone is 1. The van der Waals surface area contributed by atoms with Crippen LogP contribution in [0.4, 0.5) is 0 Å². The maximum Gasteiger partial charge on any atom is 0.335 e. The molecule has 0 aromatic heterocycles. The van der Waals surface area contributed by atoms with Crippen molar-refractivity contribution in [3.8, 4) is 0 Å². The number of benzene rings is 1. The first-order valence-electron chi connectivity index (χ1n) is 8.58. The van der Waals surface area contributed by atoms with Gasteiger partial charge in [-0.25, -0.2) is 14.4 Å². The van der Waals surface area contributed by atoms with Gasteiger partial charge in [-0.15, -0.1) is 0 Å². The average Bonchev–Trinajstić information content (AvgIpc) is 2.61. The highest BCUT2D eigenvalue weighted by Crippen LogP contribution is 2.09. The predicted molar refractivity (Wildman–Crippen MR) is 99.4 cm³/mol. The Hall–Kier alpha value is -2.63. The second-order valence-corrected chi connectivity index (χ2v) is 6.05. The Bertz CT molecular complexity index is 618. The summed E-state index contributed by atoms with van der Waals surface area (Å²) in [5, 5.41) is 17.0. The van der Waals surface area contributed by atoms with Crippen molar-refractivity contribution < 1.29 is 29.3 Å². The number of hydrogen-bond acceptors (Lipinski definition) is 4. The summed E-state index contributed by atoms with van der Waals surface area (Å²) in [6, 6.07) is 5.20. The minimum absolute atomic E-state index is 0.0165. The fourth-order valence-corrected chi connectivity index (χ4v) is 1.76. The molecule has 0 bridgehead atoms. The molecular weight excluding hydrogens is 336 g/mol. The molecule has 26 heavy (non-hydrogen) atoms. The standard InChI is InChI=1S/C12H22O2.C8H6O4/c1-6-9(3)8-10(4)12(13)14-11(5)7-2;9-7(10)5-2-1-3-6(4-5)8(11)12/h8-9,11H,6-7H2,1-5H3;1-4H,(H,9,10)(H,11,12). The van der Waals surface area contributed by atoms with Crippen LogP contribution in [-0.4, -0.2) is 34.2 Å². The quantitative estimate of drug-likeness (QED) is 0.549. The number of carbonyl (C=O) groups is 3. The molecule has 2 N–H and O–H groups in total. The van der Waals surface area contributed by atoms with E-state index < -0.39 is 11.9 Å². The predicted octanol–water partition coefficient (Wildman–Crippen LogP) is 4.40. The second kappa shape index (κ2) is 11.8. The second-order valence-electron chi connectivity index (χ2n) is 6.05. The van der Waals surface area contributed by atoms with Crippen LogP contribution in [0.5, 0.6) is 0 Å². The van der Waals surface area contributed by atoms with Crippen LogP contribution in [0, 0.1) is 5.92 Å². The molecule has 0 radical (unpaired) electrons. The van der Waals surface area contributed by atoms with Crippen molar-refractivity contribution in [2.24, 2.45) is 5.92 Å². The molecule has 2 unspecified atom stereocenters. The van der Waals surface area contributed by atoms with Crippen LogP contribution in [0.1, 0.15) is 68.2 Å². The molecule has 0 heterocycles. The van der Waals surface area contributed by atoms with Crippen molar-refractivity contribution >= 4 is 17.9 Å². The Kier molecular flexibility index (Phi) is 10.6. The van der Waals surface area contributed by atoms with Gasteiger partial charge in [-0.2, -0.15) is 0 Å². The Balaban J connectivity index is 0.000000485. The van der Waals surface area contributed by atoms with Crippen LogP contribution in [0.25, 0.3) is 0 Å². The van der Waals surface area contributed by atoms with Crippen molar-refractivity contribution in [2.45, 2.75) is 53.6 Å². The summed E-state index contributed by atoms with van der Waals surface area (Å²) in [4.78, 5) is 32.2. The molecule has 6 heteroatoms. The first-order valence-corrected chi connectivity index (χ1v) is 8.58. The monoisotopic (exact) mass is 364 g/mol. The van der Waals surface area contributed by atoms with Crippen LogP contribution in [-0.2, 0) is 9.53 Å². The molecule has 0 aliphatic rings. The van der Waals surface area contributed by atoms with E-state index >= 15 is 0 Å². The number of rotatable bonds is 7. The van der Waals surface area contributed by atoms with E-state index in [1.807, 2.05) is 26.8 Å². The first-order chi connectivity index (χ1) is 12.1. The summed E-state index contributed by atoms with van der Waals surface area (Å²) in [5.74, 6) is -1.99. The maximum atomic E-state index is 11.5. The van der Waals surface area contributed by atoms with E-state index in [2.05, 4.69) is 13.8 Å². The number of ether oxygens (including phenoxy) is 1.